The van der Waals surface area contributed by atoms with Crippen molar-refractivity contribution in [2.45, 2.75) is 19.9 Å². The molecule has 3 aromatic carbocycles. The number of halogens is 1. The van der Waals surface area contributed by atoms with Crippen LogP contribution < -0.4 is 11.5 Å². The maximum absolute atomic E-state index is 11.3. The second-order valence-electron chi connectivity index (χ2n) is 8.39. The fraction of sp³-hybridized carbons (Fsp3) is 0.148. The van der Waals surface area contributed by atoms with Crippen molar-refractivity contribution in [1.82, 2.24) is 4.57 Å². The van der Waals surface area contributed by atoms with Gasteiger partial charge in [-0.2, -0.15) is 0 Å². The predicted molar refractivity (Wildman–Crippen MR) is 145 cm³/mol. The summed E-state index contributed by atoms with van der Waals surface area (Å²) in [5.74, 6) is -0.263. The number of hydrogen-bond donors (Lipinski definition) is 2. The Morgan fingerprint density at radius 1 is 0.971 bits per heavy atom. The molecule has 0 saturated heterocycles. The summed E-state index contributed by atoms with van der Waals surface area (Å²) in [6.45, 7) is 2.53. The number of aromatic nitrogens is 1. The van der Waals surface area contributed by atoms with Gasteiger partial charge in [-0.15, -0.1) is 11.3 Å². The number of thiophene rings is 1. The Hall–Kier alpha value is -3.29. The standard InChI is InChI=1S/C27H24BrN3O2S/c1-16(32)33-7-6-18-13-31(14-20-15-34-27-5-3-21(28)11-25(20)27)26-10-17(2-4-24(18)26)19-8-22(29)12-23(30)9-19/h2-5,8-13,15H,6-7,14,29-30H2,1H3. The van der Waals surface area contributed by atoms with Crippen molar-refractivity contribution in [1.29, 1.82) is 0 Å². The molecule has 0 aliphatic rings. The first-order chi connectivity index (χ1) is 16.4. The molecular formula is C27H24BrN3O2S. The Morgan fingerprint density at radius 3 is 2.53 bits per heavy atom. The number of anilines is 2. The molecule has 5 aromatic rings. The zero-order chi connectivity index (χ0) is 23.8. The van der Waals surface area contributed by atoms with E-state index in [1.165, 1.54) is 22.6 Å². The Labute approximate surface area is 210 Å². The largest absolute Gasteiger partial charge is 0.466 e. The smallest absolute Gasteiger partial charge is 0.302 e. The summed E-state index contributed by atoms with van der Waals surface area (Å²) in [6.07, 6.45) is 2.83. The maximum atomic E-state index is 11.3. The SMILES string of the molecule is CC(=O)OCCc1cn(Cc2csc3ccc(Br)cc23)c2cc(-c3cc(N)cc(N)c3)ccc12. The monoisotopic (exact) mass is 533 g/mol. The van der Waals surface area contributed by atoms with Crippen molar-refractivity contribution in [3.8, 4) is 11.1 Å². The van der Waals surface area contributed by atoms with Gasteiger partial charge in [-0.3, -0.25) is 4.79 Å². The molecule has 34 heavy (non-hydrogen) atoms. The van der Waals surface area contributed by atoms with Crippen molar-refractivity contribution < 1.29 is 9.53 Å². The van der Waals surface area contributed by atoms with Crippen LogP contribution in [0.5, 0.6) is 0 Å². The van der Waals surface area contributed by atoms with Gasteiger partial charge in [0.2, 0.25) is 0 Å². The van der Waals surface area contributed by atoms with Crippen LogP contribution in [0, 0.1) is 0 Å². The first kappa shape index (κ1) is 22.5. The van der Waals surface area contributed by atoms with Gasteiger partial charge in [0.25, 0.3) is 0 Å². The number of fused-ring (bicyclic) bond motifs is 2. The van der Waals surface area contributed by atoms with Gasteiger partial charge >= 0.3 is 5.97 Å². The Morgan fingerprint density at radius 2 is 1.76 bits per heavy atom. The first-order valence-corrected chi connectivity index (χ1v) is 12.6. The quantitative estimate of drug-likeness (QED) is 0.190. The van der Waals surface area contributed by atoms with Gasteiger partial charge in [0.05, 0.1) is 6.61 Å². The first-order valence-electron chi connectivity index (χ1n) is 10.9. The molecule has 7 heteroatoms. The minimum atomic E-state index is -0.263. The number of benzene rings is 3. The lowest BCUT2D eigenvalue weighted by Gasteiger charge is -2.09. The minimum absolute atomic E-state index is 0.263. The fourth-order valence-electron chi connectivity index (χ4n) is 4.39. The van der Waals surface area contributed by atoms with Crippen LogP contribution in [0.4, 0.5) is 11.4 Å². The van der Waals surface area contributed by atoms with Gasteiger partial charge in [-0.25, -0.2) is 0 Å². The normalized spacial score (nSPS) is 11.4. The number of hydrogen-bond acceptors (Lipinski definition) is 5. The predicted octanol–water partition coefficient (Wildman–Crippen LogP) is 6.60. The molecule has 172 valence electrons. The van der Waals surface area contributed by atoms with Crippen molar-refractivity contribution in [3.63, 3.8) is 0 Å². The van der Waals surface area contributed by atoms with Crippen LogP contribution in [0.1, 0.15) is 18.1 Å². The summed E-state index contributed by atoms with van der Waals surface area (Å²) in [4.78, 5) is 11.3. The van der Waals surface area contributed by atoms with Gasteiger partial charge < -0.3 is 20.8 Å². The van der Waals surface area contributed by atoms with Crippen molar-refractivity contribution in [3.05, 3.63) is 81.8 Å². The van der Waals surface area contributed by atoms with E-state index in [9.17, 15) is 4.79 Å². The second-order valence-corrected chi connectivity index (χ2v) is 10.2. The molecule has 2 aromatic heterocycles. The molecule has 0 unspecified atom stereocenters. The van der Waals surface area contributed by atoms with Gasteiger partial charge in [-0.1, -0.05) is 28.1 Å². The number of nitrogens with two attached hydrogens (primary N) is 2. The topological polar surface area (TPSA) is 83.3 Å². The highest BCUT2D eigenvalue weighted by molar-refractivity contribution is 9.10. The summed E-state index contributed by atoms with van der Waals surface area (Å²) in [5, 5.41) is 4.63. The lowest BCUT2D eigenvalue weighted by molar-refractivity contribution is -0.140. The third kappa shape index (κ3) is 4.54. The molecule has 0 spiro atoms. The summed E-state index contributed by atoms with van der Waals surface area (Å²) in [5.41, 5.74) is 18.9. The average Bonchev–Trinajstić information content (AvgIpc) is 3.34. The summed E-state index contributed by atoms with van der Waals surface area (Å²) in [7, 11) is 0. The molecule has 4 N–H and O–H groups in total. The third-order valence-corrected chi connectivity index (χ3v) is 7.41. The molecule has 0 aliphatic heterocycles. The highest BCUT2D eigenvalue weighted by atomic mass is 79.9. The zero-order valence-corrected chi connectivity index (χ0v) is 21.1. The minimum Gasteiger partial charge on any atom is -0.466 e. The molecule has 0 saturated carbocycles. The van der Waals surface area contributed by atoms with E-state index in [-0.39, 0.29) is 5.97 Å². The number of ether oxygens (including phenoxy) is 1. The molecule has 0 atom stereocenters. The molecule has 0 bridgehead atoms. The van der Waals surface area contributed by atoms with Crippen LogP contribution in [0.25, 0.3) is 32.1 Å². The second kappa shape index (κ2) is 9.16. The van der Waals surface area contributed by atoms with Crippen molar-refractivity contribution in [2.24, 2.45) is 0 Å². The fourth-order valence-corrected chi connectivity index (χ4v) is 5.68. The molecule has 5 rings (SSSR count). The van der Waals surface area contributed by atoms with Crippen molar-refractivity contribution in [2.75, 3.05) is 18.1 Å². The van der Waals surface area contributed by atoms with E-state index in [0.29, 0.717) is 24.4 Å². The highest BCUT2D eigenvalue weighted by Gasteiger charge is 2.14. The third-order valence-electron chi connectivity index (χ3n) is 5.91. The highest BCUT2D eigenvalue weighted by Crippen LogP contribution is 2.33. The summed E-state index contributed by atoms with van der Waals surface area (Å²) in [6, 6.07) is 18.4. The molecule has 0 aliphatic carbocycles. The lowest BCUT2D eigenvalue weighted by Crippen LogP contribution is -2.03. The number of esters is 1. The van der Waals surface area contributed by atoms with Crippen LogP contribution in [0.15, 0.2) is 70.6 Å². The molecule has 5 nitrogen and oxygen atoms in total. The average molecular weight is 534 g/mol. The van der Waals surface area contributed by atoms with Gasteiger partial charge in [0.1, 0.15) is 0 Å². The lowest BCUT2D eigenvalue weighted by atomic mass is 10.0. The number of rotatable bonds is 6. The van der Waals surface area contributed by atoms with E-state index in [1.807, 2.05) is 12.1 Å². The maximum Gasteiger partial charge on any atom is 0.302 e. The molecule has 2 heterocycles. The van der Waals surface area contributed by atoms with E-state index in [2.05, 4.69) is 68.5 Å². The number of carbonyl (C=O) groups excluding carboxylic acids is 1. The molecule has 0 amide bonds. The zero-order valence-electron chi connectivity index (χ0n) is 18.7. The summed E-state index contributed by atoms with van der Waals surface area (Å²) >= 11 is 5.36. The van der Waals surface area contributed by atoms with Crippen LogP contribution in [-0.2, 0) is 22.5 Å². The number of carbonyl (C=O) groups is 1. The van der Waals surface area contributed by atoms with Gasteiger partial charge in [0, 0.05) is 57.5 Å². The molecule has 0 radical (unpaired) electrons. The van der Waals surface area contributed by atoms with E-state index in [0.717, 1.165) is 38.6 Å². The number of nitrogens with zero attached hydrogens (tertiary/aromatic N) is 1. The molecular weight excluding hydrogens is 510 g/mol. The van der Waals surface area contributed by atoms with Crippen LogP contribution >= 0.6 is 27.3 Å². The van der Waals surface area contributed by atoms with E-state index in [4.69, 9.17) is 16.2 Å². The van der Waals surface area contributed by atoms with Crippen LogP contribution in [0.2, 0.25) is 0 Å². The van der Waals surface area contributed by atoms with Crippen LogP contribution in [0.3, 0.4) is 0 Å². The van der Waals surface area contributed by atoms with E-state index >= 15 is 0 Å². The van der Waals surface area contributed by atoms with Gasteiger partial charge in [0.15, 0.2) is 0 Å². The molecule has 0 fully saturated rings. The van der Waals surface area contributed by atoms with Gasteiger partial charge in [-0.05, 0) is 75.5 Å². The Bertz CT molecular complexity index is 1520. The Balaban J connectivity index is 1.60. The van der Waals surface area contributed by atoms with E-state index in [1.54, 1.807) is 17.4 Å². The summed E-state index contributed by atoms with van der Waals surface area (Å²) < 4.78 is 9.83. The van der Waals surface area contributed by atoms with Crippen molar-refractivity contribution >= 4 is 65.6 Å². The number of nitrogen functional groups attached to an aromatic ring is 2. The van der Waals surface area contributed by atoms with E-state index < -0.39 is 0 Å². The van der Waals surface area contributed by atoms with Crippen LogP contribution in [-0.4, -0.2) is 17.1 Å². The Kier molecular flexibility index (Phi) is 6.06.